The predicted octanol–water partition coefficient (Wildman–Crippen LogP) is 7.51. The summed E-state index contributed by atoms with van der Waals surface area (Å²) in [6, 6.07) is 22.4. The molecular weight excluding hydrogens is 532 g/mol. The van der Waals surface area contributed by atoms with Gasteiger partial charge >= 0.3 is 0 Å². The van der Waals surface area contributed by atoms with Crippen molar-refractivity contribution in [2.75, 3.05) is 46.1 Å². The van der Waals surface area contributed by atoms with Gasteiger partial charge in [0.1, 0.15) is 0 Å². The molecule has 2 heterocycles. The summed E-state index contributed by atoms with van der Waals surface area (Å²) in [5.74, 6) is 2.37. The number of nitrogen functional groups attached to an aromatic ring is 1. The molecule has 1 saturated carbocycles. The van der Waals surface area contributed by atoms with Crippen molar-refractivity contribution in [1.29, 1.82) is 0 Å². The second kappa shape index (κ2) is 12.6. The molecule has 0 radical (unpaired) electrons. The highest BCUT2D eigenvalue weighted by atomic mass is 16.5. The van der Waals surface area contributed by atoms with Gasteiger partial charge in [-0.3, -0.25) is 9.80 Å². The van der Waals surface area contributed by atoms with Crippen LogP contribution >= 0.6 is 0 Å². The van der Waals surface area contributed by atoms with Crippen LogP contribution in [0.4, 0.5) is 5.69 Å². The number of anilines is 1. The first-order chi connectivity index (χ1) is 20.9. The lowest BCUT2D eigenvalue weighted by atomic mass is 9.79. The molecule has 2 N–H and O–H groups in total. The number of hydrogen-bond acceptors (Lipinski definition) is 5. The summed E-state index contributed by atoms with van der Waals surface area (Å²) in [4.78, 5) is 5.39. The number of nitrogens with zero attached hydrogens (tertiary/aromatic N) is 3. The van der Waals surface area contributed by atoms with E-state index in [1.165, 1.54) is 72.1 Å². The third-order valence-corrected chi connectivity index (χ3v) is 9.80. The molecule has 228 valence electrons. The maximum absolute atomic E-state index is 6.41. The summed E-state index contributed by atoms with van der Waals surface area (Å²) in [5, 5.41) is 1.30. The summed E-state index contributed by atoms with van der Waals surface area (Å²) in [5.41, 5.74) is 15.2. The van der Waals surface area contributed by atoms with E-state index in [9.17, 15) is 0 Å². The zero-order chi connectivity index (χ0) is 30.1. The Morgan fingerprint density at radius 3 is 2.16 bits per heavy atom. The first-order valence-corrected chi connectivity index (χ1v) is 16.0. The smallest absolute Gasteiger partial charge is 0.162 e. The molecule has 0 spiro atoms. The van der Waals surface area contributed by atoms with Crippen LogP contribution in [-0.4, -0.2) is 60.8 Å². The molecular formula is C37H48N4O2. The molecule has 0 unspecified atom stereocenters. The van der Waals surface area contributed by atoms with E-state index in [2.05, 4.69) is 83.7 Å². The zero-order valence-corrected chi connectivity index (χ0v) is 26.6. The van der Waals surface area contributed by atoms with Crippen LogP contribution in [0.2, 0.25) is 0 Å². The molecule has 1 aliphatic carbocycles. The Morgan fingerprint density at radius 1 is 0.814 bits per heavy atom. The fraction of sp³-hybridized carbons (Fsp3) is 0.459. The summed E-state index contributed by atoms with van der Waals surface area (Å²) < 4.78 is 13.7. The van der Waals surface area contributed by atoms with Gasteiger partial charge in [0.25, 0.3) is 0 Å². The third-order valence-electron chi connectivity index (χ3n) is 9.80. The number of rotatable bonds is 8. The maximum Gasteiger partial charge on any atom is 0.162 e. The number of fused-ring (bicyclic) bond motifs is 1. The second-order valence-electron chi connectivity index (χ2n) is 12.9. The Balaban J connectivity index is 1.21. The number of hydrogen-bond donors (Lipinski definition) is 1. The molecule has 0 amide bonds. The predicted molar refractivity (Wildman–Crippen MR) is 178 cm³/mol. The van der Waals surface area contributed by atoms with Gasteiger partial charge in [-0.05, 0) is 85.9 Å². The van der Waals surface area contributed by atoms with Crippen LogP contribution in [0.3, 0.4) is 0 Å². The average Bonchev–Trinajstić information content (AvgIpc) is 3.37. The van der Waals surface area contributed by atoms with E-state index in [0.29, 0.717) is 17.9 Å². The molecule has 1 aliphatic heterocycles. The number of aryl methyl sites for hydroxylation is 1. The highest BCUT2D eigenvalue weighted by Crippen LogP contribution is 2.45. The molecule has 0 bridgehead atoms. The monoisotopic (exact) mass is 580 g/mol. The minimum atomic E-state index is 0.357. The van der Waals surface area contributed by atoms with E-state index >= 15 is 0 Å². The quantitative estimate of drug-likeness (QED) is 0.219. The lowest BCUT2D eigenvalue weighted by Gasteiger charge is -2.42. The topological polar surface area (TPSA) is 55.9 Å². The minimum Gasteiger partial charge on any atom is -0.493 e. The maximum atomic E-state index is 6.41. The molecule has 1 saturated heterocycles. The van der Waals surface area contributed by atoms with Crippen molar-refractivity contribution in [3.8, 4) is 17.2 Å². The Bertz CT molecular complexity index is 1540. The third kappa shape index (κ3) is 6.00. The van der Waals surface area contributed by atoms with Crippen molar-refractivity contribution in [3.05, 3.63) is 83.0 Å². The fourth-order valence-corrected chi connectivity index (χ4v) is 7.56. The Kier molecular flexibility index (Phi) is 8.69. The lowest BCUT2D eigenvalue weighted by molar-refractivity contribution is 0.0727. The van der Waals surface area contributed by atoms with Crippen LogP contribution in [-0.2, 0) is 6.54 Å². The van der Waals surface area contributed by atoms with E-state index < -0.39 is 0 Å². The second-order valence-corrected chi connectivity index (χ2v) is 12.9. The van der Waals surface area contributed by atoms with Crippen LogP contribution in [0.5, 0.6) is 11.5 Å². The standard InChI is InChI=1S/C37H48N4O2/c1-25(2)37-36(32-22-29(38)12-16-33(32)41(37)31-15-17-34(42-4)35(23-31)43-5)28-10-13-30(14-11-28)40-20-18-39(19-21-40)24-27-8-6-26(3)7-9-27/h6-9,12,15-17,22-23,25,28,30H,10-11,13-14,18-21,24,38H2,1-5H3. The molecule has 3 aromatic carbocycles. The highest BCUT2D eigenvalue weighted by molar-refractivity contribution is 5.90. The zero-order valence-electron chi connectivity index (χ0n) is 26.6. The Morgan fingerprint density at radius 2 is 1.51 bits per heavy atom. The van der Waals surface area contributed by atoms with Crippen LogP contribution in [0.1, 0.15) is 73.8 Å². The summed E-state index contributed by atoms with van der Waals surface area (Å²) in [6.45, 7) is 12.5. The van der Waals surface area contributed by atoms with Crippen molar-refractivity contribution in [1.82, 2.24) is 14.4 Å². The number of aromatic nitrogens is 1. The van der Waals surface area contributed by atoms with Crippen molar-refractivity contribution in [3.63, 3.8) is 0 Å². The minimum absolute atomic E-state index is 0.357. The number of ether oxygens (including phenoxy) is 2. The molecule has 1 aromatic heterocycles. The van der Waals surface area contributed by atoms with Gasteiger partial charge < -0.3 is 19.8 Å². The van der Waals surface area contributed by atoms with Crippen LogP contribution in [0, 0.1) is 6.92 Å². The highest BCUT2D eigenvalue weighted by Gasteiger charge is 2.33. The number of benzene rings is 3. The van der Waals surface area contributed by atoms with Gasteiger partial charge in [-0.1, -0.05) is 43.7 Å². The molecule has 6 heteroatoms. The van der Waals surface area contributed by atoms with E-state index in [-0.39, 0.29) is 0 Å². The van der Waals surface area contributed by atoms with Gasteiger partial charge in [0.05, 0.1) is 19.7 Å². The Labute approximate surface area is 257 Å². The summed E-state index contributed by atoms with van der Waals surface area (Å²) >= 11 is 0. The van der Waals surface area contributed by atoms with Crippen molar-refractivity contribution in [2.45, 2.75) is 70.9 Å². The van der Waals surface area contributed by atoms with Crippen molar-refractivity contribution < 1.29 is 9.47 Å². The molecule has 2 aliphatic rings. The fourth-order valence-electron chi connectivity index (χ4n) is 7.56. The average molecular weight is 581 g/mol. The molecule has 6 rings (SSSR count). The number of nitrogens with two attached hydrogens (primary N) is 1. The molecule has 2 fully saturated rings. The van der Waals surface area contributed by atoms with Crippen LogP contribution < -0.4 is 15.2 Å². The van der Waals surface area contributed by atoms with E-state index in [1.807, 2.05) is 12.1 Å². The number of methoxy groups -OCH3 is 2. The van der Waals surface area contributed by atoms with Gasteiger partial charge in [-0.2, -0.15) is 0 Å². The first-order valence-electron chi connectivity index (χ1n) is 16.0. The van der Waals surface area contributed by atoms with Crippen LogP contribution in [0.15, 0.2) is 60.7 Å². The molecule has 6 nitrogen and oxygen atoms in total. The molecule has 4 aromatic rings. The van der Waals surface area contributed by atoms with Gasteiger partial charge in [0.15, 0.2) is 11.5 Å². The largest absolute Gasteiger partial charge is 0.493 e. The normalized spacial score (nSPS) is 20.1. The van der Waals surface area contributed by atoms with Crippen molar-refractivity contribution >= 4 is 16.6 Å². The SMILES string of the molecule is COc1ccc(-n2c(C(C)C)c(C3CCC(N4CCN(Cc5ccc(C)cc5)CC4)CC3)c3cc(N)ccc32)cc1OC. The summed E-state index contributed by atoms with van der Waals surface area (Å²) in [6.07, 6.45) is 4.94. The number of piperazine rings is 1. The van der Waals surface area contributed by atoms with Gasteiger partial charge in [-0.15, -0.1) is 0 Å². The summed E-state index contributed by atoms with van der Waals surface area (Å²) in [7, 11) is 3.39. The van der Waals surface area contributed by atoms with Gasteiger partial charge in [-0.25, -0.2) is 0 Å². The molecule has 0 atom stereocenters. The van der Waals surface area contributed by atoms with Gasteiger partial charge in [0, 0.05) is 67.3 Å². The lowest BCUT2D eigenvalue weighted by Crippen LogP contribution is -2.50. The first kappa shape index (κ1) is 29.6. The van der Waals surface area contributed by atoms with E-state index in [1.54, 1.807) is 14.2 Å². The van der Waals surface area contributed by atoms with E-state index in [0.717, 1.165) is 42.5 Å². The van der Waals surface area contributed by atoms with E-state index in [4.69, 9.17) is 15.2 Å². The molecule has 43 heavy (non-hydrogen) atoms. The van der Waals surface area contributed by atoms with Crippen molar-refractivity contribution in [2.24, 2.45) is 0 Å². The Hall–Kier alpha value is -3.48. The van der Waals surface area contributed by atoms with Gasteiger partial charge in [0.2, 0.25) is 0 Å². The van der Waals surface area contributed by atoms with Crippen LogP contribution in [0.25, 0.3) is 16.6 Å².